The van der Waals surface area contributed by atoms with Crippen molar-refractivity contribution in [1.29, 1.82) is 0 Å². The second-order valence-electron chi connectivity index (χ2n) is 15.8. The molecule has 2 heterocycles. The molecule has 0 saturated carbocycles. The van der Waals surface area contributed by atoms with E-state index in [9.17, 15) is 0 Å². The average molecular weight is 743 g/mol. The van der Waals surface area contributed by atoms with E-state index in [1.54, 1.807) is 0 Å². The van der Waals surface area contributed by atoms with Crippen LogP contribution in [-0.2, 0) is 5.41 Å². The van der Waals surface area contributed by atoms with Crippen LogP contribution < -0.4 is 0 Å². The molecule has 274 valence electrons. The number of hydrogen-bond donors (Lipinski definition) is 0. The summed E-state index contributed by atoms with van der Waals surface area (Å²) in [5, 5.41) is 2.22. The van der Waals surface area contributed by atoms with E-state index in [4.69, 9.17) is 14.4 Å². The first-order valence-electron chi connectivity index (χ1n) is 19.9. The Morgan fingerprint density at radius 1 is 0.345 bits per heavy atom. The number of benzene rings is 8. The number of rotatable bonds is 6. The molecule has 0 radical (unpaired) electrons. The van der Waals surface area contributed by atoms with Gasteiger partial charge in [0.2, 0.25) is 0 Å². The maximum Gasteiger partial charge on any atom is 0.160 e. The average Bonchev–Trinajstić information content (AvgIpc) is 3.77. The quantitative estimate of drug-likeness (QED) is 0.170. The predicted molar refractivity (Wildman–Crippen MR) is 239 cm³/mol. The first kappa shape index (κ1) is 33.9. The fourth-order valence-corrected chi connectivity index (χ4v) is 8.84. The van der Waals surface area contributed by atoms with Gasteiger partial charge < -0.3 is 4.42 Å². The minimum atomic E-state index is -0.0171. The number of nitrogens with zero attached hydrogens (tertiary/aromatic N) is 2. The molecule has 0 N–H and O–H groups in total. The molecule has 3 heteroatoms. The zero-order chi connectivity index (χ0) is 38.8. The third kappa shape index (κ3) is 5.74. The van der Waals surface area contributed by atoms with E-state index in [0.29, 0.717) is 5.82 Å². The second kappa shape index (κ2) is 13.4. The standard InChI is InChI=1S/C55H38N2O/c1-55(2)48-19-11-9-17-44(48)46-32-39(25-27-49(46)55)36-21-23-38(24-22-36)54-56-50(37-15-7-4-8-16-37)34-51(57-54)43-30-41(35-13-5-3-6-14-35)29-42(31-43)40-26-28-53-47(33-40)45-18-10-12-20-52(45)58-53/h3-34H,1-2H3. The van der Waals surface area contributed by atoms with Crippen LogP contribution in [0.2, 0.25) is 0 Å². The van der Waals surface area contributed by atoms with E-state index in [2.05, 4.69) is 190 Å². The highest BCUT2D eigenvalue weighted by molar-refractivity contribution is 6.06. The Hall–Kier alpha value is -7.36. The van der Waals surface area contributed by atoms with E-state index >= 15 is 0 Å². The van der Waals surface area contributed by atoms with Gasteiger partial charge in [0.05, 0.1) is 11.4 Å². The second-order valence-corrected chi connectivity index (χ2v) is 15.8. The summed E-state index contributed by atoms with van der Waals surface area (Å²) in [5.74, 6) is 0.686. The van der Waals surface area contributed by atoms with Gasteiger partial charge in [0.25, 0.3) is 0 Å². The van der Waals surface area contributed by atoms with Gasteiger partial charge in [-0.25, -0.2) is 9.97 Å². The lowest BCUT2D eigenvalue weighted by Gasteiger charge is -2.21. The van der Waals surface area contributed by atoms with Gasteiger partial charge >= 0.3 is 0 Å². The molecule has 0 aliphatic heterocycles. The van der Waals surface area contributed by atoms with Crippen molar-refractivity contribution in [2.75, 3.05) is 0 Å². The van der Waals surface area contributed by atoms with Crippen LogP contribution >= 0.6 is 0 Å². The minimum Gasteiger partial charge on any atom is -0.456 e. The zero-order valence-corrected chi connectivity index (χ0v) is 32.3. The molecule has 0 fully saturated rings. The van der Waals surface area contributed by atoms with Gasteiger partial charge in [-0.2, -0.15) is 0 Å². The Balaban J connectivity index is 1.03. The van der Waals surface area contributed by atoms with Crippen molar-refractivity contribution >= 4 is 21.9 Å². The van der Waals surface area contributed by atoms with Crippen LogP contribution in [0.25, 0.3) is 100 Å². The Kier molecular flexibility index (Phi) is 7.84. The Morgan fingerprint density at radius 2 is 0.879 bits per heavy atom. The summed E-state index contributed by atoms with van der Waals surface area (Å²) in [7, 11) is 0. The molecule has 0 amide bonds. The lowest BCUT2D eigenvalue weighted by atomic mass is 9.82. The van der Waals surface area contributed by atoms with Crippen LogP contribution in [-0.4, -0.2) is 9.97 Å². The van der Waals surface area contributed by atoms with Crippen LogP contribution in [0.1, 0.15) is 25.0 Å². The summed E-state index contributed by atoms with van der Waals surface area (Å²) in [5.41, 5.74) is 18.8. The van der Waals surface area contributed by atoms with Crippen molar-refractivity contribution in [3.63, 3.8) is 0 Å². The number of fused-ring (bicyclic) bond motifs is 6. The van der Waals surface area contributed by atoms with Gasteiger partial charge in [-0.05, 0) is 104 Å². The SMILES string of the molecule is CC1(C)c2ccccc2-c2cc(-c3ccc(-c4nc(-c5ccccc5)cc(-c5cc(-c6ccccc6)cc(-c6ccc7oc8ccccc8c7c6)c5)n4)cc3)ccc21. The van der Waals surface area contributed by atoms with Crippen LogP contribution in [0, 0.1) is 0 Å². The molecule has 1 aliphatic carbocycles. The minimum absolute atomic E-state index is 0.0171. The molecule has 0 bridgehead atoms. The molecule has 1 aliphatic rings. The fraction of sp³-hybridized carbons (Fsp3) is 0.0545. The van der Waals surface area contributed by atoms with Gasteiger partial charge in [-0.1, -0.05) is 159 Å². The van der Waals surface area contributed by atoms with Crippen molar-refractivity contribution in [2.24, 2.45) is 0 Å². The molecule has 58 heavy (non-hydrogen) atoms. The van der Waals surface area contributed by atoms with Crippen LogP contribution in [0.4, 0.5) is 0 Å². The van der Waals surface area contributed by atoms with Crippen molar-refractivity contribution in [2.45, 2.75) is 19.3 Å². The lowest BCUT2D eigenvalue weighted by molar-refractivity contribution is 0.660. The zero-order valence-electron chi connectivity index (χ0n) is 32.3. The van der Waals surface area contributed by atoms with Gasteiger partial charge in [0, 0.05) is 32.9 Å². The monoisotopic (exact) mass is 742 g/mol. The normalized spacial score (nSPS) is 12.8. The lowest BCUT2D eigenvalue weighted by Crippen LogP contribution is -2.14. The first-order chi connectivity index (χ1) is 28.5. The van der Waals surface area contributed by atoms with Crippen LogP contribution in [0.5, 0.6) is 0 Å². The fourth-order valence-electron chi connectivity index (χ4n) is 8.84. The largest absolute Gasteiger partial charge is 0.456 e. The molecule has 8 aromatic carbocycles. The smallest absolute Gasteiger partial charge is 0.160 e. The van der Waals surface area contributed by atoms with Crippen molar-refractivity contribution in [3.8, 4) is 78.4 Å². The molecular formula is C55H38N2O. The van der Waals surface area contributed by atoms with Crippen molar-refractivity contribution in [1.82, 2.24) is 9.97 Å². The molecular weight excluding hydrogens is 705 g/mol. The molecule has 11 rings (SSSR count). The topological polar surface area (TPSA) is 38.9 Å². The molecule has 2 aromatic heterocycles. The molecule has 0 unspecified atom stereocenters. The third-order valence-electron chi connectivity index (χ3n) is 11.9. The van der Waals surface area contributed by atoms with E-state index in [1.807, 2.05) is 18.2 Å². The van der Waals surface area contributed by atoms with Crippen molar-refractivity contribution < 1.29 is 4.42 Å². The molecule has 0 saturated heterocycles. The maximum atomic E-state index is 6.19. The van der Waals surface area contributed by atoms with E-state index in [-0.39, 0.29) is 5.41 Å². The highest BCUT2D eigenvalue weighted by Crippen LogP contribution is 2.49. The van der Waals surface area contributed by atoms with Crippen LogP contribution in [0.15, 0.2) is 199 Å². The summed E-state index contributed by atoms with van der Waals surface area (Å²) in [4.78, 5) is 10.5. The third-order valence-corrected chi connectivity index (χ3v) is 11.9. The molecule has 10 aromatic rings. The summed E-state index contributed by atoms with van der Waals surface area (Å²) >= 11 is 0. The summed E-state index contributed by atoms with van der Waals surface area (Å²) in [6.45, 7) is 4.65. The molecule has 0 atom stereocenters. The van der Waals surface area contributed by atoms with E-state index in [1.165, 1.54) is 27.8 Å². The number of hydrogen-bond acceptors (Lipinski definition) is 3. The van der Waals surface area contributed by atoms with Gasteiger partial charge in [0.15, 0.2) is 5.82 Å². The highest BCUT2D eigenvalue weighted by atomic mass is 16.3. The maximum absolute atomic E-state index is 6.19. The van der Waals surface area contributed by atoms with E-state index < -0.39 is 0 Å². The summed E-state index contributed by atoms with van der Waals surface area (Å²) < 4.78 is 6.19. The number of furan rings is 1. The van der Waals surface area contributed by atoms with Gasteiger partial charge in [0.1, 0.15) is 11.2 Å². The predicted octanol–water partition coefficient (Wildman–Crippen LogP) is 14.7. The van der Waals surface area contributed by atoms with Gasteiger partial charge in [-0.3, -0.25) is 0 Å². The molecule has 0 spiro atoms. The van der Waals surface area contributed by atoms with Crippen molar-refractivity contribution in [3.05, 3.63) is 205 Å². The Labute approximate surface area is 338 Å². The number of para-hydroxylation sites is 1. The summed E-state index contributed by atoms with van der Waals surface area (Å²) in [6, 6.07) is 69.0. The first-order valence-corrected chi connectivity index (χ1v) is 19.9. The highest BCUT2D eigenvalue weighted by Gasteiger charge is 2.35. The summed E-state index contributed by atoms with van der Waals surface area (Å²) in [6.07, 6.45) is 0. The van der Waals surface area contributed by atoms with E-state index in [0.717, 1.165) is 77.8 Å². The molecule has 3 nitrogen and oxygen atoms in total. The Morgan fingerprint density at radius 3 is 1.67 bits per heavy atom. The number of aromatic nitrogens is 2. The van der Waals surface area contributed by atoms with Crippen LogP contribution in [0.3, 0.4) is 0 Å². The Bertz CT molecular complexity index is 3180. The van der Waals surface area contributed by atoms with Gasteiger partial charge in [-0.15, -0.1) is 0 Å².